The van der Waals surface area contributed by atoms with Crippen molar-refractivity contribution in [2.24, 2.45) is 0 Å². The maximum absolute atomic E-state index is 6.52. The summed E-state index contributed by atoms with van der Waals surface area (Å²) >= 11 is 1.70. The summed E-state index contributed by atoms with van der Waals surface area (Å²) in [6, 6.07) is 21.6. The smallest absolute Gasteiger partial charge is 0.184 e. The van der Waals surface area contributed by atoms with Gasteiger partial charge in [0.05, 0.1) is 31.2 Å². The molecule has 4 heterocycles. The lowest BCUT2D eigenvalue weighted by Gasteiger charge is -2.49. The second-order valence-electron chi connectivity index (χ2n) is 8.37. The van der Waals surface area contributed by atoms with Crippen LogP contribution in [0.3, 0.4) is 0 Å². The number of pyridine rings is 2. The van der Waals surface area contributed by atoms with Gasteiger partial charge in [-0.3, -0.25) is 9.97 Å². The molecule has 0 aliphatic carbocycles. The molecule has 1 unspecified atom stereocenters. The first-order chi connectivity index (χ1) is 17.3. The quantitative estimate of drug-likeness (QED) is 0.429. The fourth-order valence-electron chi connectivity index (χ4n) is 4.32. The third kappa shape index (κ3) is 6.09. The molecule has 1 aromatic carbocycles. The average molecular weight is 495 g/mol. The van der Waals surface area contributed by atoms with Gasteiger partial charge in [0.2, 0.25) is 0 Å². The van der Waals surface area contributed by atoms with E-state index in [2.05, 4.69) is 16.9 Å². The minimum absolute atomic E-state index is 0.223. The van der Waals surface area contributed by atoms with Gasteiger partial charge in [-0.1, -0.05) is 49.4 Å². The minimum atomic E-state index is -0.492. The molecule has 35 heavy (non-hydrogen) atoms. The van der Waals surface area contributed by atoms with Crippen LogP contribution in [0.1, 0.15) is 30.2 Å². The van der Waals surface area contributed by atoms with Crippen LogP contribution < -0.4 is 0 Å². The Labute approximate surface area is 210 Å². The number of fused-ring (bicyclic) bond motifs is 1. The number of ether oxygens (including phenoxy) is 5. The Hall–Kier alpha value is -2.33. The highest BCUT2D eigenvalue weighted by atomic mass is 32.2. The number of hydrogen-bond acceptors (Lipinski definition) is 8. The van der Waals surface area contributed by atoms with E-state index in [9.17, 15) is 0 Å². The van der Waals surface area contributed by atoms with Gasteiger partial charge < -0.3 is 23.7 Å². The normalized spacial score (nSPS) is 28.4. The van der Waals surface area contributed by atoms with E-state index in [1.807, 2.05) is 66.7 Å². The molecule has 8 heteroatoms. The number of aromatic nitrogens is 2. The second-order valence-corrected chi connectivity index (χ2v) is 9.74. The summed E-state index contributed by atoms with van der Waals surface area (Å²) < 4.78 is 32.0. The van der Waals surface area contributed by atoms with Crippen molar-refractivity contribution < 1.29 is 23.7 Å². The molecule has 7 nitrogen and oxygen atoms in total. The van der Waals surface area contributed by atoms with Crippen LogP contribution in [-0.2, 0) is 36.9 Å². The Bertz CT molecular complexity index is 1030. The molecular formula is C27H30N2O5S. The zero-order valence-electron chi connectivity index (χ0n) is 19.6. The van der Waals surface area contributed by atoms with Crippen LogP contribution >= 0.6 is 11.8 Å². The molecule has 0 saturated carbocycles. The van der Waals surface area contributed by atoms with Gasteiger partial charge in [0.1, 0.15) is 29.9 Å². The standard InChI is InChI=1S/C27H30N2O5S/c1-2-35-27-25(31-17-21-13-7-9-15-29-21)24(30-16-20-12-6-8-14-28-20)23-22(33-27)18-32-26(34-23)19-10-4-3-5-11-19/h3-15,22-27H,2,16-18H2,1H3/t22-,23-,24+,25-,26?,27+/m1/s1. The summed E-state index contributed by atoms with van der Waals surface area (Å²) in [5.41, 5.74) is 2.45. The second kappa shape index (κ2) is 12.1. The van der Waals surface area contributed by atoms with Crippen molar-refractivity contribution in [2.45, 2.75) is 56.3 Å². The molecule has 2 aromatic heterocycles. The van der Waals surface area contributed by atoms with Crippen molar-refractivity contribution in [3.8, 4) is 0 Å². The minimum Gasteiger partial charge on any atom is -0.366 e. The van der Waals surface area contributed by atoms with E-state index in [1.54, 1.807) is 24.2 Å². The number of benzene rings is 1. The van der Waals surface area contributed by atoms with Crippen LogP contribution in [0.15, 0.2) is 79.1 Å². The van der Waals surface area contributed by atoms with E-state index in [0.29, 0.717) is 19.8 Å². The van der Waals surface area contributed by atoms with Gasteiger partial charge in [0, 0.05) is 18.0 Å². The maximum atomic E-state index is 6.52. The van der Waals surface area contributed by atoms with Crippen molar-refractivity contribution in [1.29, 1.82) is 0 Å². The number of rotatable bonds is 9. The van der Waals surface area contributed by atoms with Crippen molar-refractivity contribution in [3.05, 3.63) is 96.1 Å². The third-order valence-electron chi connectivity index (χ3n) is 5.99. The van der Waals surface area contributed by atoms with E-state index in [0.717, 1.165) is 22.7 Å². The average Bonchev–Trinajstić information content (AvgIpc) is 2.92. The van der Waals surface area contributed by atoms with E-state index in [-0.39, 0.29) is 29.9 Å². The zero-order chi connectivity index (χ0) is 23.9. The SMILES string of the molecule is CCS[C@@H]1O[C@@H]2COC(c3ccccc3)O[C@H]2[C@H](OCc2ccccn2)[C@H]1OCc1ccccn1. The highest BCUT2D eigenvalue weighted by molar-refractivity contribution is 7.99. The Morgan fingerprint density at radius 3 is 2.11 bits per heavy atom. The third-order valence-corrected chi connectivity index (χ3v) is 7.03. The predicted octanol–water partition coefficient (Wildman–Crippen LogP) is 4.54. The topological polar surface area (TPSA) is 71.9 Å². The zero-order valence-corrected chi connectivity index (χ0v) is 20.5. The van der Waals surface area contributed by atoms with Crippen LogP contribution in [0.2, 0.25) is 0 Å². The van der Waals surface area contributed by atoms with Gasteiger partial charge in [0.15, 0.2) is 6.29 Å². The van der Waals surface area contributed by atoms with E-state index >= 15 is 0 Å². The first-order valence-electron chi connectivity index (χ1n) is 11.9. The number of hydrogen-bond donors (Lipinski definition) is 0. The number of thioether (sulfide) groups is 1. The fourth-order valence-corrected chi connectivity index (χ4v) is 5.29. The highest BCUT2D eigenvalue weighted by Crippen LogP contribution is 2.39. The summed E-state index contributed by atoms with van der Waals surface area (Å²) in [5, 5.41) is 0. The maximum Gasteiger partial charge on any atom is 0.184 e. The van der Waals surface area contributed by atoms with E-state index in [1.165, 1.54) is 0 Å². The van der Waals surface area contributed by atoms with E-state index in [4.69, 9.17) is 23.7 Å². The lowest BCUT2D eigenvalue weighted by molar-refractivity contribution is -0.329. The molecule has 0 amide bonds. The van der Waals surface area contributed by atoms with Crippen molar-refractivity contribution in [1.82, 2.24) is 9.97 Å². The monoisotopic (exact) mass is 494 g/mol. The molecule has 0 radical (unpaired) electrons. The molecule has 0 bridgehead atoms. The predicted molar refractivity (Wildman–Crippen MR) is 132 cm³/mol. The summed E-state index contributed by atoms with van der Waals surface area (Å²) in [5.74, 6) is 0.882. The molecule has 184 valence electrons. The lowest BCUT2D eigenvalue weighted by atomic mass is 9.98. The first kappa shape index (κ1) is 24.4. The lowest BCUT2D eigenvalue weighted by Crippen LogP contribution is -2.62. The Kier molecular flexibility index (Phi) is 8.41. The summed E-state index contributed by atoms with van der Waals surface area (Å²) in [4.78, 5) is 8.84. The molecule has 0 spiro atoms. The fraction of sp³-hybridized carbons (Fsp3) is 0.407. The summed E-state index contributed by atoms with van der Waals surface area (Å²) in [6.07, 6.45) is 1.69. The van der Waals surface area contributed by atoms with Gasteiger partial charge in [-0.05, 0) is 30.0 Å². The summed E-state index contributed by atoms with van der Waals surface area (Å²) in [6.45, 7) is 3.23. The largest absolute Gasteiger partial charge is 0.366 e. The van der Waals surface area contributed by atoms with Gasteiger partial charge in [0.25, 0.3) is 0 Å². The Balaban J connectivity index is 1.40. The molecule has 2 aliphatic heterocycles. The van der Waals surface area contributed by atoms with E-state index < -0.39 is 6.29 Å². The molecular weight excluding hydrogens is 464 g/mol. The summed E-state index contributed by atoms with van der Waals surface area (Å²) in [7, 11) is 0. The van der Waals surface area contributed by atoms with Crippen molar-refractivity contribution >= 4 is 11.8 Å². The molecule has 6 atom stereocenters. The molecule has 0 N–H and O–H groups in total. The first-order valence-corrected chi connectivity index (χ1v) is 13.0. The van der Waals surface area contributed by atoms with Crippen LogP contribution in [0, 0.1) is 0 Å². The molecule has 5 rings (SSSR count). The molecule has 3 aromatic rings. The van der Waals surface area contributed by atoms with Gasteiger partial charge in [-0.15, -0.1) is 11.8 Å². The molecule has 2 aliphatic rings. The molecule has 2 fully saturated rings. The van der Waals surface area contributed by atoms with Gasteiger partial charge >= 0.3 is 0 Å². The van der Waals surface area contributed by atoms with Crippen LogP contribution in [-0.4, -0.2) is 52.2 Å². The Morgan fingerprint density at radius 1 is 0.829 bits per heavy atom. The highest BCUT2D eigenvalue weighted by Gasteiger charge is 2.51. The Morgan fingerprint density at radius 2 is 1.49 bits per heavy atom. The number of nitrogens with zero attached hydrogens (tertiary/aromatic N) is 2. The van der Waals surface area contributed by atoms with Crippen molar-refractivity contribution in [3.63, 3.8) is 0 Å². The van der Waals surface area contributed by atoms with Crippen LogP contribution in [0.4, 0.5) is 0 Å². The molecule has 2 saturated heterocycles. The van der Waals surface area contributed by atoms with Crippen LogP contribution in [0.5, 0.6) is 0 Å². The van der Waals surface area contributed by atoms with Crippen LogP contribution in [0.25, 0.3) is 0 Å². The van der Waals surface area contributed by atoms with Crippen molar-refractivity contribution in [2.75, 3.05) is 12.4 Å². The van der Waals surface area contributed by atoms with Gasteiger partial charge in [-0.2, -0.15) is 0 Å². The van der Waals surface area contributed by atoms with Gasteiger partial charge in [-0.25, -0.2) is 0 Å².